The van der Waals surface area contributed by atoms with E-state index in [1.54, 1.807) is 6.08 Å². The number of rotatable bonds is 6. The van der Waals surface area contributed by atoms with Crippen molar-refractivity contribution in [2.45, 2.75) is 45.9 Å². The first kappa shape index (κ1) is 20.3. The monoisotopic (exact) mass is 414 g/mol. The van der Waals surface area contributed by atoms with Gasteiger partial charge in [-0.15, -0.1) is 0 Å². The predicted molar refractivity (Wildman–Crippen MR) is 111 cm³/mol. The van der Waals surface area contributed by atoms with Gasteiger partial charge in [0, 0.05) is 43.4 Å². The molecular weight excluding hydrogens is 387 g/mol. The fourth-order valence-electron chi connectivity index (χ4n) is 3.85. The van der Waals surface area contributed by atoms with Crippen LogP contribution in [0.15, 0.2) is 18.2 Å². The molecule has 0 aromatic carbocycles. The highest BCUT2D eigenvalue weighted by atomic mass is 19.1. The van der Waals surface area contributed by atoms with Gasteiger partial charge in [-0.3, -0.25) is 9.89 Å². The SMILES string of the molecule is CCCN1CCN(c2cc(-c3n[nH]c4c3C=C(OC(C)C)C(F)C4)ncn2)CC1=O. The molecule has 2 aromatic heterocycles. The van der Waals surface area contributed by atoms with Gasteiger partial charge in [-0.2, -0.15) is 5.10 Å². The number of allylic oxidation sites excluding steroid dienone is 1. The topological polar surface area (TPSA) is 87.2 Å². The summed E-state index contributed by atoms with van der Waals surface area (Å²) >= 11 is 0. The van der Waals surface area contributed by atoms with Crippen LogP contribution < -0.4 is 4.90 Å². The third-order valence-corrected chi connectivity index (χ3v) is 5.26. The van der Waals surface area contributed by atoms with Gasteiger partial charge in [-0.25, -0.2) is 14.4 Å². The van der Waals surface area contributed by atoms with Crippen LogP contribution in [0.2, 0.25) is 0 Å². The Morgan fingerprint density at radius 2 is 2.17 bits per heavy atom. The van der Waals surface area contributed by atoms with E-state index in [0.717, 1.165) is 30.8 Å². The maximum Gasteiger partial charge on any atom is 0.242 e. The third-order valence-electron chi connectivity index (χ3n) is 5.26. The van der Waals surface area contributed by atoms with E-state index < -0.39 is 6.17 Å². The summed E-state index contributed by atoms with van der Waals surface area (Å²) in [6, 6.07) is 1.83. The Morgan fingerprint density at radius 3 is 2.90 bits per heavy atom. The highest BCUT2D eigenvalue weighted by molar-refractivity contribution is 5.83. The van der Waals surface area contributed by atoms with Gasteiger partial charge in [-0.05, 0) is 26.3 Å². The first-order valence-electron chi connectivity index (χ1n) is 10.4. The molecule has 1 unspecified atom stereocenters. The number of H-pyrrole nitrogens is 1. The molecule has 0 bridgehead atoms. The molecule has 0 saturated carbocycles. The Balaban J connectivity index is 1.60. The molecule has 0 radical (unpaired) electrons. The van der Waals surface area contributed by atoms with Crippen molar-refractivity contribution in [3.8, 4) is 11.4 Å². The molecule has 2 aromatic rings. The van der Waals surface area contributed by atoms with Gasteiger partial charge >= 0.3 is 0 Å². The van der Waals surface area contributed by atoms with E-state index in [4.69, 9.17) is 4.74 Å². The van der Waals surface area contributed by atoms with Crippen molar-refractivity contribution in [1.29, 1.82) is 0 Å². The van der Waals surface area contributed by atoms with Crippen LogP contribution >= 0.6 is 0 Å². The molecule has 8 nitrogen and oxygen atoms in total. The van der Waals surface area contributed by atoms with E-state index in [9.17, 15) is 9.18 Å². The smallest absolute Gasteiger partial charge is 0.242 e. The van der Waals surface area contributed by atoms with Crippen molar-refractivity contribution >= 4 is 17.8 Å². The van der Waals surface area contributed by atoms with E-state index in [-0.39, 0.29) is 18.4 Å². The number of halogens is 1. The zero-order valence-corrected chi connectivity index (χ0v) is 17.6. The van der Waals surface area contributed by atoms with Crippen LogP contribution in [0, 0.1) is 0 Å². The van der Waals surface area contributed by atoms with Crippen LogP contribution in [0.5, 0.6) is 0 Å². The van der Waals surface area contributed by atoms with E-state index >= 15 is 0 Å². The van der Waals surface area contributed by atoms with Crippen LogP contribution in [-0.4, -0.2) is 69.4 Å². The highest BCUT2D eigenvalue weighted by Crippen LogP contribution is 2.33. The Morgan fingerprint density at radius 1 is 1.33 bits per heavy atom. The number of nitrogens with one attached hydrogen (secondary N) is 1. The number of aromatic amines is 1. The number of anilines is 1. The van der Waals surface area contributed by atoms with E-state index in [0.29, 0.717) is 36.1 Å². The van der Waals surface area contributed by atoms with E-state index in [1.807, 2.05) is 29.7 Å². The summed E-state index contributed by atoms with van der Waals surface area (Å²) in [6.07, 6.45) is 3.01. The number of hydrogen-bond donors (Lipinski definition) is 1. The molecule has 1 atom stereocenters. The third kappa shape index (κ3) is 4.01. The van der Waals surface area contributed by atoms with Crippen LogP contribution in [0.4, 0.5) is 10.2 Å². The number of hydrogen-bond acceptors (Lipinski definition) is 6. The lowest BCUT2D eigenvalue weighted by atomic mass is 9.98. The molecule has 1 N–H and O–H groups in total. The van der Waals surface area contributed by atoms with Crippen LogP contribution in [-0.2, 0) is 16.0 Å². The maximum atomic E-state index is 14.4. The first-order valence-corrected chi connectivity index (χ1v) is 10.4. The highest BCUT2D eigenvalue weighted by Gasteiger charge is 2.29. The van der Waals surface area contributed by atoms with Gasteiger partial charge in [0.1, 0.15) is 23.6 Å². The Hall–Kier alpha value is -2.97. The number of nitrogens with zero attached hydrogens (tertiary/aromatic N) is 5. The maximum absolute atomic E-state index is 14.4. The molecule has 9 heteroatoms. The summed E-state index contributed by atoms with van der Waals surface area (Å²) in [5, 5.41) is 7.31. The number of alkyl halides is 1. The summed E-state index contributed by atoms with van der Waals surface area (Å²) in [6.45, 7) is 8.29. The van der Waals surface area contributed by atoms with Crippen LogP contribution in [0.3, 0.4) is 0 Å². The molecule has 160 valence electrons. The minimum Gasteiger partial charge on any atom is -0.492 e. The average Bonchev–Trinajstić information content (AvgIpc) is 3.12. The van der Waals surface area contributed by atoms with Crippen molar-refractivity contribution in [3.05, 3.63) is 29.4 Å². The Bertz CT molecular complexity index is 957. The molecule has 1 amide bonds. The van der Waals surface area contributed by atoms with Gasteiger partial charge in [-0.1, -0.05) is 6.92 Å². The van der Waals surface area contributed by atoms with Gasteiger partial charge in [0.2, 0.25) is 5.91 Å². The number of fused-ring (bicyclic) bond motifs is 1. The standard InChI is InChI=1S/C21H27FN6O2/c1-4-5-27-6-7-28(11-20(27)29)19-10-17(23-12-24-19)21-14-8-18(30-13(2)3)15(22)9-16(14)25-26-21/h8,10,12-13,15H,4-7,9,11H2,1-3H3,(H,25,26). The summed E-state index contributed by atoms with van der Waals surface area (Å²) in [4.78, 5) is 25.0. The molecule has 1 aliphatic heterocycles. The van der Waals surface area contributed by atoms with Gasteiger partial charge in [0.15, 0.2) is 6.17 Å². The van der Waals surface area contributed by atoms with Gasteiger partial charge in [0.05, 0.1) is 18.3 Å². The molecule has 4 rings (SSSR count). The van der Waals surface area contributed by atoms with Crippen LogP contribution in [0.25, 0.3) is 17.5 Å². The number of aromatic nitrogens is 4. The second kappa shape index (κ2) is 8.41. The molecule has 0 spiro atoms. The molecule has 1 aliphatic carbocycles. The lowest BCUT2D eigenvalue weighted by Gasteiger charge is -2.34. The van der Waals surface area contributed by atoms with E-state index in [1.165, 1.54) is 6.33 Å². The van der Waals surface area contributed by atoms with Crippen molar-refractivity contribution in [1.82, 2.24) is 25.1 Å². The summed E-state index contributed by atoms with van der Waals surface area (Å²) < 4.78 is 20.1. The molecule has 3 heterocycles. The average molecular weight is 414 g/mol. The first-order chi connectivity index (χ1) is 14.5. The minimum atomic E-state index is -1.19. The normalized spacial score (nSPS) is 19.2. The van der Waals surface area contributed by atoms with Gasteiger partial charge in [0.25, 0.3) is 0 Å². The summed E-state index contributed by atoms with van der Waals surface area (Å²) in [5.41, 5.74) is 2.75. The fraction of sp³-hybridized carbons (Fsp3) is 0.524. The number of ether oxygens (including phenoxy) is 1. The Labute approximate surface area is 175 Å². The number of amides is 1. The molecule has 1 saturated heterocycles. The lowest BCUT2D eigenvalue weighted by molar-refractivity contribution is -0.131. The van der Waals surface area contributed by atoms with Gasteiger partial charge < -0.3 is 14.5 Å². The summed E-state index contributed by atoms with van der Waals surface area (Å²) in [7, 11) is 0. The zero-order chi connectivity index (χ0) is 21.3. The molecule has 2 aliphatic rings. The number of carbonyl (C=O) groups is 1. The van der Waals surface area contributed by atoms with Crippen LogP contribution in [0.1, 0.15) is 38.4 Å². The lowest BCUT2D eigenvalue weighted by Crippen LogP contribution is -2.50. The molecule has 1 fully saturated rings. The fourth-order valence-corrected chi connectivity index (χ4v) is 3.85. The second-order valence-corrected chi connectivity index (χ2v) is 7.91. The Kier molecular flexibility index (Phi) is 5.69. The zero-order valence-electron chi connectivity index (χ0n) is 17.6. The quantitative estimate of drug-likeness (QED) is 0.782. The predicted octanol–water partition coefficient (Wildman–Crippen LogP) is 2.59. The van der Waals surface area contributed by atoms with Crippen molar-refractivity contribution < 1.29 is 13.9 Å². The van der Waals surface area contributed by atoms with Crippen molar-refractivity contribution in [2.24, 2.45) is 0 Å². The van der Waals surface area contributed by atoms with Crippen molar-refractivity contribution in [2.75, 3.05) is 31.1 Å². The van der Waals surface area contributed by atoms with Crippen molar-refractivity contribution in [3.63, 3.8) is 0 Å². The minimum absolute atomic E-state index is 0.104. The number of piperazine rings is 1. The van der Waals surface area contributed by atoms with E-state index in [2.05, 4.69) is 27.1 Å². The second-order valence-electron chi connectivity index (χ2n) is 7.91. The molecular formula is C21H27FN6O2. The summed E-state index contributed by atoms with van der Waals surface area (Å²) in [5.74, 6) is 1.10. The largest absolute Gasteiger partial charge is 0.492 e. The number of carbonyl (C=O) groups excluding carboxylic acids is 1. The molecule has 30 heavy (non-hydrogen) atoms.